The Kier molecular flexibility index (Phi) is 4.41. The number of aryl methyl sites for hydroxylation is 1. The molecular formula is C20H17N7OS. The maximum atomic E-state index is 12.5. The SMILES string of the molecule is C#Cc1cnc(C2=CCN(c3nc4c(c(-n5cccn5)n3)S(=O)CC4)CC2)nc1. The topological polar surface area (TPSA) is 89.7 Å². The molecule has 2 aliphatic rings. The Morgan fingerprint density at radius 1 is 1.17 bits per heavy atom. The molecule has 0 radical (unpaired) electrons. The van der Waals surface area contributed by atoms with E-state index in [4.69, 9.17) is 16.4 Å². The predicted octanol–water partition coefficient (Wildman–Crippen LogP) is 1.39. The molecule has 3 aromatic rings. The lowest BCUT2D eigenvalue weighted by Crippen LogP contribution is -2.31. The lowest BCUT2D eigenvalue weighted by Gasteiger charge is -2.26. The van der Waals surface area contributed by atoms with Crippen molar-refractivity contribution in [2.24, 2.45) is 0 Å². The Bertz CT molecular complexity index is 1160. The summed E-state index contributed by atoms with van der Waals surface area (Å²) < 4.78 is 14.1. The first-order valence-electron chi connectivity index (χ1n) is 9.25. The number of anilines is 1. The third kappa shape index (κ3) is 3.21. The van der Waals surface area contributed by atoms with Gasteiger partial charge in [0.05, 0.1) is 22.1 Å². The smallest absolute Gasteiger partial charge is 0.227 e. The van der Waals surface area contributed by atoms with Gasteiger partial charge in [0, 0.05) is 50.1 Å². The zero-order chi connectivity index (χ0) is 19.8. The number of hydrogen-bond acceptors (Lipinski definition) is 7. The number of hydrogen-bond donors (Lipinski definition) is 0. The van der Waals surface area contributed by atoms with Crippen LogP contribution in [0.25, 0.3) is 11.4 Å². The molecule has 0 N–H and O–H groups in total. The van der Waals surface area contributed by atoms with Crippen LogP contribution in [0.15, 0.2) is 41.8 Å². The van der Waals surface area contributed by atoms with Gasteiger partial charge < -0.3 is 4.90 Å². The van der Waals surface area contributed by atoms with Crippen LogP contribution in [0.4, 0.5) is 5.95 Å². The first-order valence-corrected chi connectivity index (χ1v) is 10.6. The highest BCUT2D eigenvalue weighted by molar-refractivity contribution is 7.85. The van der Waals surface area contributed by atoms with Crippen LogP contribution < -0.4 is 4.90 Å². The van der Waals surface area contributed by atoms with Crippen molar-refractivity contribution in [3.8, 4) is 18.2 Å². The molecule has 0 amide bonds. The van der Waals surface area contributed by atoms with Gasteiger partial charge >= 0.3 is 0 Å². The molecule has 0 spiro atoms. The average Bonchev–Trinajstić information content (AvgIpc) is 3.44. The Morgan fingerprint density at radius 2 is 2.03 bits per heavy atom. The van der Waals surface area contributed by atoms with Gasteiger partial charge in [0.1, 0.15) is 4.90 Å². The summed E-state index contributed by atoms with van der Waals surface area (Å²) in [7, 11) is -1.09. The van der Waals surface area contributed by atoms with Crippen LogP contribution >= 0.6 is 0 Å². The second-order valence-corrected chi connectivity index (χ2v) is 8.25. The first-order chi connectivity index (χ1) is 14.2. The Labute approximate surface area is 170 Å². The predicted molar refractivity (Wildman–Crippen MR) is 109 cm³/mol. The summed E-state index contributed by atoms with van der Waals surface area (Å²) in [4.78, 5) is 21.0. The van der Waals surface area contributed by atoms with E-state index in [0.29, 0.717) is 46.8 Å². The molecule has 29 heavy (non-hydrogen) atoms. The molecule has 3 aromatic heterocycles. The average molecular weight is 403 g/mol. The van der Waals surface area contributed by atoms with Crippen molar-refractivity contribution in [3.63, 3.8) is 0 Å². The first kappa shape index (κ1) is 17.7. The van der Waals surface area contributed by atoms with Crippen molar-refractivity contribution < 1.29 is 4.21 Å². The van der Waals surface area contributed by atoms with E-state index < -0.39 is 10.8 Å². The fourth-order valence-corrected chi connectivity index (χ4v) is 4.81. The van der Waals surface area contributed by atoms with E-state index in [-0.39, 0.29) is 0 Å². The number of nitrogens with zero attached hydrogens (tertiary/aromatic N) is 7. The van der Waals surface area contributed by atoms with Crippen LogP contribution in [-0.2, 0) is 17.2 Å². The minimum Gasteiger partial charge on any atom is -0.337 e. The van der Waals surface area contributed by atoms with Crippen molar-refractivity contribution in [2.75, 3.05) is 23.7 Å². The standard InChI is InChI=1S/C20H17N7OS/c1-2-14-12-21-18(22-13-14)15-4-9-26(10-5-15)20-24-16-6-11-29(28)17(16)19(25-20)27-8-3-7-23-27/h1,3-4,7-8,12-13H,5-6,9-11H2. The molecule has 0 saturated carbocycles. The van der Waals surface area contributed by atoms with Gasteiger partial charge in [-0.2, -0.15) is 10.1 Å². The summed E-state index contributed by atoms with van der Waals surface area (Å²) in [5, 5.41) is 4.28. The second-order valence-electron chi connectivity index (χ2n) is 6.74. The summed E-state index contributed by atoms with van der Waals surface area (Å²) >= 11 is 0. The van der Waals surface area contributed by atoms with E-state index in [1.54, 1.807) is 23.3 Å². The van der Waals surface area contributed by atoms with Crippen molar-refractivity contribution in [1.82, 2.24) is 29.7 Å². The van der Waals surface area contributed by atoms with Crippen molar-refractivity contribution in [2.45, 2.75) is 17.7 Å². The molecular weight excluding hydrogens is 386 g/mol. The third-order valence-electron chi connectivity index (χ3n) is 4.98. The van der Waals surface area contributed by atoms with Gasteiger partial charge in [-0.15, -0.1) is 6.42 Å². The van der Waals surface area contributed by atoms with Crippen LogP contribution in [-0.4, -0.2) is 52.8 Å². The number of aromatic nitrogens is 6. The summed E-state index contributed by atoms with van der Waals surface area (Å²) in [6.07, 6.45) is 15.8. The van der Waals surface area contributed by atoms with Crippen molar-refractivity contribution in [1.29, 1.82) is 0 Å². The minimum absolute atomic E-state index is 0.580. The van der Waals surface area contributed by atoms with Gasteiger partial charge in [0.25, 0.3) is 0 Å². The van der Waals surface area contributed by atoms with E-state index in [1.165, 1.54) is 0 Å². The Morgan fingerprint density at radius 3 is 2.72 bits per heavy atom. The van der Waals surface area contributed by atoms with Gasteiger partial charge in [-0.3, -0.25) is 4.21 Å². The van der Waals surface area contributed by atoms with E-state index in [1.807, 2.05) is 12.3 Å². The van der Waals surface area contributed by atoms with Crippen LogP contribution in [0.1, 0.15) is 23.5 Å². The maximum absolute atomic E-state index is 12.5. The zero-order valence-electron chi connectivity index (χ0n) is 15.5. The molecule has 2 aliphatic heterocycles. The summed E-state index contributed by atoms with van der Waals surface area (Å²) in [6, 6.07) is 1.83. The van der Waals surface area contributed by atoms with Gasteiger partial charge in [0.15, 0.2) is 11.6 Å². The fraction of sp³-hybridized carbons (Fsp3) is 0.250. The Hall–Kier alpha value is -3.38. The molecule has 0 saturated heterocycles. The molecule has 5 rings (SSSR count). The van der Waals surface area contributed by atoms with Crippen LogP contribution in [0.3, 0.4) is 0 Å². The van der Waals surface area contributed by atoms with E-state index in [9.17, 15) is 4.21 Å². The van der Waals surface area contributed by atoms with Crippen LogP contribution in [0.2, 0.25) is 0 Å². The molecule has 1 unspecified atom stereocenters. The molecule has 144 valence electrons. The largest absolute Gasteiger partial charge is 0.337 e. The van der Waals surface area contributed by atoms with Crippen molar-refractivity contribution >= 4 is 22.3 Å². The molecule has 9 heteroatoms. The lowest BCUT2D eigenvalue weighted by atomic mass is 10.1. The van der Waals surface area contributed by atoms with E-state index in [0.717, 1.165) is 24.2 Å². The molecule has 5 heterocycles. The number of terminal acetylenes is 1. The maximum Gasteiger partial charge on any atom is 0.227 e. The molecule has 1 atom stereocenters. The van der Waals surface area contributed by atoms with Crippen LogP contribution in [0.5, 0.6) is 0 Å². The minimum atomic E-state index is -1.09. The highest BCUT2D eigenvalue weighted by Crippen LogP contribution is 2.30. The lowest BCUT2D eigenvalue weighted by molar-refractivity contribution is 0.683. The van der Waals surface area contributed by atoms with Crippen molar-refractivity contribution in [3.05, 3.63) is 54.0 Å². The molecule has 0 aliphatic carbocycles. The molecule has 0 aromatic carbocycles. The van der Waals surface area contributed by atoms with E-state index >= 15 is 0 Å². The van der Waals surface area contributed by atoms with Gasteiger partial charge in [0.2, 0.25) is 5.95 Å². The molecule has 0 fully saturated rings. The Balaban J connectivity index is 1.45. The van der Waals surface area contributed by atoms with Gasteiger partial charge in [-0.05, 0) is 18.1 Å². The van der Waals surface area contributed by atoms with Crippen LogP contribution in [0, 0.1) is 12.3 Å². The summed E-state index contributed by atoms with van der Waals surface area (Å²) in [6.45, 7) is 1.39. The third-order valence-corrected chi connectivity index (χ3v) is 6.43. The second kappa shape index (κ2) is 7.22. The van der Waals surface area contributed by atoms with Gasteiger partial charge in [-0.25, -0.2) is 19.6 Å². The summed E-state index contributed by atoms with van der Waals surface area (Å²) in [5.41, 5.74) is 2.60. The number of fused-ring (bicyclic) bond motifs is 1. The highest BCUT2D eigenvalue weighted by Gasteiger charge is 2.28. The summed E-state index contributed by atoms with van der Waals surface area (Å²) in [5.74, 6) is 5.05. The van der Waals surface area contributed by atoms with Gasteiger partial charge in [-0.1, -0.05) is 12.0 Å². The monoisotopic (exact) mass is 403 g/mol. The molecule has 0 bridgehead atoms. The van der Waals surface area contributed by atoms with E-state index in [2.05, 4.69) is 32.0 Å². The highest BCUT2D eigenvalue weighted by atomic mass is 32.2. The fourth-order valence-electron chi connectivity index (χ4n) is 3.48. The quantitative estimate of drug-likeness (QED) is 0.611. The zero-order valence-corrected chi connectivity index (χ0v) is 16.3. The normalized spacial score (nSPS) is 18.2. The molecule has 8 nitrogen and oxygen atoms in total. The number of rotatable bonds is 3.